The van der Waals surface area contributed by atoms with E-state index in [0.717, 1.165) is 11.1 Å². The van der Waals surface area contributed by atoms with Crippen molar-refractivity contribution in [2.45, 2.75) is 38.6 Å². The van der Waals surface area contributed by atoms with Crippen molar-refractivity contribution in [3.63, 3.8) is 0 Å². The molecule has 0 unspecified atom stereocenters. The van der Waals surface area contributed by atoms with Crippen LogP contribution in [0.15, 0.2) is 39.8 Å². The first-order valence-electron chi connectivity index (χ1n) is 10.4. The van der Waals surface area contributed by atoms with E-state index in [9.17, 15) is 4.79 Å². The maximum atomic E-state index is 12.0. The molecule has 0 aliphatic carbocycles. The molecule has 0 radical (unpaired) electrons. The van der Waals surface area contributed by atoms with Gasteiger partial charge in [0, 0.05) is 0 Å². The summed E-state index contributed by atoms with van der Waals surface area (Å²) in [6, 6.07) is 9.88. The molecule has 10 heteroatoms. The minimum Gasteiger partial charge on any atom is -0.490 e. The van der Waals surface area contributed by atoms with Crippen molar-refractivity contribution in [1.82, 2.24) is 15.6 Å². The minimum absolute atomic E-state index is 0.168. The molecule has 2 aromatic carbocycles. The number of hydrogen-bond donors (Lipinski definition) is 2. The van der Waals surface area contributed by atoms with E-state index in [4.69, 9.17) is 15.2 Å². The molecule has 0 spiro atoms. The van der Waals surface area contributed by atoms with E-state index in [0.29, 0.717) is 34.2 Å². The molecule has 0 bridgehead atoms. The first kappa shape index (κ1) is 24.5. The van der Waals surface area contributed by atoms with Gasteiger partial charge in [0.05, 0.1) is 18.6 Å². The van der Waals surface area contributed by atoms with Crippen LogP contribution in [0.25, 0.3) is 0 Å². The normalized spacial score (nSPS) is 11.0. The highest BCUT2D eigenvalue weighted by Gasteiger charge is 2.09. The number of nitrogens with two attached hydrogens (primary N) is 1. The Morgan fingerprint density at radius 3 is 2.64 bits per heavy atom. The van der Waals surface area contributed by atoms with Crippen molar-refractivity contribution in [3.05, 3.63) is 58.1 Å². The molecule has 8 nitrogen and oxygen atoms in total. The fourth-order valence-electron chi connectivity index (χ4n) is 2.94. The van der Waals surface area contributed by atoms with Crippen LogP contribution in [-0.2, 0) is 11.4 Å². The van der Waals surface area contributed by atoms with Crippen molar-refractivity contribution >= 4 is 40.4 Å². The summed E-state index contributed by atoms with van der Waals surface area (Å²) < 4.78 is 12.5. The number of rotatable bonds is 10. The number of hydrogen-bond acceptors (Lipinski definition) is 9. The first-order chi connectivity index (χ1) is 15.9. The smallest absolute Gasteiger partial charge is 0.250 e. The molecule has 174 valence electrons. The van der Waals surface area contributed by atoms with Gasteiger partial charge >= 0.3 is 0 Å². The molecule has 1 aromatic heterocycles. The molecule has 0 saturated heterocycles. The number of nitrogens with one attached hydrogen (secondary N) is 1. The van der Waals surface area contributed by atoms with Gasteiger partial charge in [0.15, 0.2) is 15.8 Å². The number of thioether (sulfide) groups is 1. The first-order valence-corrected chi connectivity index (χ1v) is 12.2. The molecule has 3 N–H and O–H groups in total. The zero-order chi connectivity index (χ0) is 23.8. The van der Waals surface area contributed by atoms with Crippen LogP contribution in [0.3, 0.4) is 0 Å². The topological polar surface area (TPSA) is 112 Å². The lowest BCUT2D eigenvalue weighted by Crippen LogP contribution is -2.19. The van der Waals surface area contributed by atoms with Crippen molar-refractivity contribution in [3.8, 4) is 11.5 Å². The summed E-state index contributed by atoms with van der Waals surface area (Å²) in [6.45, 7) is 9.17. The third-order valence-electron chi connectivity index (χ3n) is 4.75. The predicted molar refractivity (Wildman–Crippen MR) is 133 cm³/mol. The molecule has 0 aliphatic rings. The van der Waals surface area contributed by atoms with Crippen LogP contribution >= 0.6 is 23.1 Å². The Morgan fingerprint density at radius 2 is 1.91 bits per heavy atom. The number of carbonyl (C=O) groups is 1. The van der Waals surface area contributed by atoms with Crippen LogP contribution in [0.1, 0.15) is 34.7 Å². The molecule has 0 saturated carbocycles. The van der Waals surface area contributed by atoms with E-state index in [-0.39, 0.29) is 11.7 Å². The van der Waals surface area contributed by atoms with Crippen LogP contribution in [0.5, 0.6) is 11.5 Å². The van der Waals surface area contributed by atoms with Crippen molar-refractivity contribution in [2.75, 3.05) is 18.1 Å². The molecular weight excluding hydrogens is 458 g/mol. The van der Waals surface area contributed by atoms with Crippen LogP contribution in [0.4, 0.5) is 5.13 Å². The second-order valence-electron chi connectivity index (χ2n) is 7.28. The summed E-state index contributed by atoms with van der Waals surface area (Å²) in [7, 11) is 0. The highest BCUT2D eigenvalue weighted by atomic mass is 32.2. The number of anilines is 1. The molecule has 0 fully saturated rings. The second-order valence-corrected chi connectivity index (χ2v) is 9.51. The summed E-state index contributed by atoms with van der Waals surface area (Å²) in [6.07, 6.45) is 1.56. The zero-order valence-electron chi connectivity index (χ0n) is 19.0. The molecule has 1 amide bonds. The van der Waals surface area contributed by atoms with Crippen molar-refractivity contribution < 1.29 is 14.3 Å². The highest BCUT2D eigenvalue weighted by Crippen LogP contribution is 2.29. The summed E-state index contributed by atoms with van der Waals surface area (Å²) in [5, 5.41) is 12.0. The van der Waals surface area contributed by atoms with Crippen LogP contribution < -0.4 is 20.6 Å². The van der Waals surface area contributed by atoms with Crippen molar-refractivity contribution in [1.29, 1.82) is 0 Å². The third-order valence-corrected chi connectivity index (χ3v) is 6.64. The SMILES string of the molecule is CCOc1cc(C=NNC(=O)CSc2nnc(N)s2)ccc1OCc1cc(C)c(C)cc1C. The van der Waals surface area contributed by atoms with Gasteiger partial charge in [-0.3, -0.25) is 4.79 Å². The van der Waals surface area contributed by atoms with Gasteiger partial charge in [-0.1, -0.05) is 35.2 Å². The lowest BCUT2D eigenvalue weighted by molar-refractivity contribution is -0.118. The molecule has 0 atom stereocenters. The quantitative estimate of drug-likeness (QED) is 0.251. The van der Waals surface area contributed by atoms with Gasteiger partial charge in [0.2, 0.25) is 5.13 Å². The van der Waals surface area contributed by atoms with E-state index in [1.807, 2.05) is 25.1 Å². The summed E-state index contributed by atoms with van der Waals surface area (Å²) in [5.41, 5.74) is 13.7. The molecule has 1 heterocycles. The molecule has 33 heavy (non-hydrogen) atoms. The van der Waals surface area contributed by atoms with Gasteiger partial charge in [-0.25, -0.2) is 5.43 Å². The summed E-state index contributed by atoms with van der Waals surface area (Å²) in [5.74, 6) is 1.20. The third kappa shape index (κ3) is 7.19. The van der Waals surface area contributed by atoms with Gasteiger partial charge in [-0.15, -0.1) is 10.2 Å². The van der Waals surface area contributed by atoms with Crippen molar-refractivity contribution in [2.24, 2.45) is 5.10 Å². The molecule has 3 rings (SSSR count). The number of nitrogen functional groups attached to an aromatic ring is 1. The number of benzene rings is 2. The van der Waals surface area contributed by atoms with E-state index >= 15 is 0 Å². The Hall–Kier alpha value is -3.11. The van der Waals surface area contributed by atoms with Gasteiger partial charge in [0.1, 0.15) is 6.61 Å². The number of ether oxygens (including phenoxy) is 2. The van der Waals surface area contributed by atoms with Crippen LogP contribution in [0.2, 0.25) is 0 Å². The van der Waals surface area contributed by atoms with E-state index in [1.165, 1.54) is 39.8 Å². The number of nitrogens with zero attached hydrogens (tertiary/aromatic N) is 3. The standard InChI is InChI=1S/C23H27N5O3S2/c1-5-30-20-10-17(11-25-26-21(29)13-32-23-28-27-22(24)33-23)6-7-19(20)31-12-18-9-15(3)14(2)8-16(18)4/h6-11H,5,12-13H2,1-4H3,(H2,24,27)(H,26,29). The largest absolute Gasteiger partial charge is 0.490 e. The van der Waals surface area contributed by atoms with E-state index in [1.54, 1.807) is 6.21 Å². The number of hydrazone groups is 1. The Balaban J connectivity index is 1.59. The highest BCUT2D eigenvalue weighted by molar-refractivity contribution is 8.01. The molecular formula is C23H27N5O3S2. The van der Waals surface area contributed by atoms with E-state index < -0.39 is 0 Å². The average Bonchev–Trinajstić information content (AvgIpc) is 3.20. The lowest BCUT2D eigenvalue weighted by atomic mass is 10.0. The predicted octanol–water partition coefficient (Wildman–Crippen LogP) is 4.27. The maximum absolute atomic E-state index is 12.0. The maximum Gasteiger partial charge on any atom is 0.250 e. The Labute approximate surface area is 201 Å². The fourth-order valence-corrected chi connectivity index (χ4v) is 4.37. The van der Waals surface area contributed by atoms with Gasteiger partial charge < -0.3 is 15.2 Å². The Bertz CT molecular complexity index is 1150. The number of aryl methyl sites for hydroxylation is 3. The van der Waals surface area contributed by atoms with Gasteiger partial charge in [-0.2, -0.15) is 5.10 Å². The fraction of sp³-hybridized carbons (Fsp3) is 0.304. The van der Waals surface area contributed by atoms with Gasteiger partial charge in [-0.05, 0) is 73.7 Å². The Kier molecular flexibility index (Phi) is 8.67. The van der Waals surface area contributed by atoms with Crippen LogP contribution in [-0.4, -0.2) is 34.7 Å². The van der Waals surface area contributed by atoms with E-state index in [2.05, 4.69) is 53.6 Å². The second kappa shape index (κ2) is 11.7. The van der Waals surface area contributed by atoms with Crippen LogP contribution in [0, 0.1) is 20.8 Å². The molecule has 3 aromatic rings. The summed E-state index contributed by atoms with van der Waals surface area (Å²) in [4.78, 5) is 12.0. The zero-order valence-corrected chi connectivity index (χ0v) is 20.7. The number of amides is 1. The molecule has 0 aliphatic heterocycles. The van der Waals surface area contributed by atoms with Gasteiger partial charge in [0.25, 0.3) is 5.91 Å². The monoisotopic (exact) mass is 485 g/mol. The number of carbonyl (C=O) groups excluding carboxylic acids is 1. The minimum atomic E-state index is -0.251. The number of aromatic nitrogens is 2. The lowest BCUT2D eigenvalue weighted by Gasteiger charge is -2.15. The average molecular weight is 486 g/mol. The Morgan fingerprint density at radius 1 is 1.12 bits per heavy atom. The summed E-state index contributed by atoms with van der Waals surface area (Å²) >= 11 is 2.49.